The molecule has 0 radical (unpaired) electrons. The summed E-state index contributed by atoms with van der Waals surface area (Å²) in [5, 5.41) is 12.0. The molecule has 23 heavy (non-hydrogen) atoms. The van der Waals surface area contributed by atoms with Crippen molar-refractivity contribution in [2.45, 2.75) is 25.7 Å². The first kappa shape index (κ1) is 15.9. The van der Waals surface area contributed by atoms with Crippen LogP contribution in [0.2, 0.25) is 0 Å². The molecule has 0 spiro atoms. The van der Waals surface area contributed by atoms with Gasteiger partial charge in [-0.1, -0.05) is 42.5 Å². The third kappa shape index (κ3) is 3.34. The third-order valence-electron chi connectivity index (χ3n) is 3.93. The van der Waals surface area contributed by atoms with Crippen LogP contribution in [0.15, 0.2) is 59.6 Å². The van der Waals surface area contributed by atoms with E-state index in [0.29, 0.717) is 5.69 Å². The van der Waals surface area contributed by atoms with Gasteiger partial charge >= 0.3 is 0 Å². The molecule has 4 heteroatoms. The Hall–Kier alpha value is -2.01. The molecule has 0 amide bonds. The van der Waals surface area contributed by atoms with Gasteiger partial charge in [-0.05, 0) is 37.1 Å². The topological polar surface area (TPSA) is 44.7 Å². The SMILES string of the molecule is CC1(C)N=C(c2ccccc2)C(c2ccc([N+](C)(C)[O-])cc2)O1. The summed E-state index contributed by atoms with van der Waals surface area (Å²) < 4.78 is 5.69. The van der Waals surface area contributed by atoms with Crippen molar-refractivity contribution in [3.63, 3.8) is 0 Å². The van der Waals surface area contributed by atoms with Crippen molar-refractivity contribution in [2.24, 2.45) is 4.99 Å². The van der Waals surface area contributed by atoms with Gasteiger partial charge in [0.25, 0.3) is 0 Å². The van der Waals surface area contributed by atoms with E-state index in [9.17, 15) is 5.21 Å². The summed E-state index contributed by atoms with van der Waals surface area (Å²) in [6.07, 6.45) is -0.219. The van der Waals surface area contributed by atoms with Crippen LogP contribution in [-0.4, -0.2) is 25.5 Å². The highest BCUT2D eigenvalue weighted by molar-refractivity contribution is 6.05. The van der Waals surface area contributed by atoms with Crippen LogP contribution in [0.25, 0.3) is 0 Å². The Bertz CT molecular complexity index is 713. The second-order valence-electron chi connectivity index (χ2n) is 6.75. The van der Waals surface area contributed by atoms with E-state index in [-0.39, 0.29) is 6.10 Å². The van der Waals surface area contributed by atoms with Crippen molar-refractivity contribution in [1.29, 1.82) is 0 Å². The van der Waals surface area contributed by atoms with Gasteiger partial charge in [0.2, 0.25) is 0 Å². The molecule has 1 heterocycles. The average molecular weight is 310 g/mol. The van der Waals surface area contributed by atoms with Gasteiger partial charge in [-0.15, -0.1) is 0 Å². The highest BCUT2D eigenvalue weighted by Crippen LogP contribution is 2.36. The average Bonchev–Trinajstić information content (AvgIpc) is 2.83. The Balaban J connectivity index is 1.97. The molecule has 120 valence electrons. The summed E-state index contributed by atoms with van der Waals surface area (Å²) in [6.45, 7) is 3.92. The number of benzene rings is 2. The molecular formula is C19H22N2O2. The first-order chi connectivity index (χ1) is 10.8. The van der Waals surface area contributed by atoms with Crippen molar-refractivity contribution >= 4 is 11.4 Å². The quantitative estimate of drug-likeness (QED) is 0.634. The predicted octanol–water partition coefficient (Wildman–Crippen LogP) is 4.05. The molecule has 1 unspecified atom stereocenters. The molecule has 0 aliphatic carbocycles. The number of hydroxylamine groups is 2. The van der Waals surface area contributed by atoms with E-state index in [1.54, 1.807) is 14.1 Å². The molecule has 4 nitrogen and oxygen atoms in total. The second kappa shape index (κ2) is 5.57. The van der Waals surface area contributed by atoms with E-state index < -0.39 is 10.4 Å². The molecule has 0 bridgehead atoms. The summed E-state index contributed by atoms with van der Waals surface area (Å²) in [6, 6.07) is 17.7. The highest BCUT2D eigenvalue weighted by Gasteiger charge is 2.36. The Morgan fingerprint density at radius 2 is 1.61 bits per heavy atom. The normalized spacial score (nSPS) is 20.4. The molecule has 0 fully saturated rings. The lowest BCUT2D eigenvalue weighted by Crippen LogP contribution is -2.32. The summed E-state index contributed by atoms with van der Waals surface area (Å²) in [5.74, 6) is 0. The van der Waals surface area contributed by atoms with Crippen molar-refractivity contribution in [2.75, 3.05) is 14.1 Å². The fourth-order valence-electron chi connectivity index (χ4n) is 2.78. The Labute approximate surface area is 137 Å². The standard InChI is InChI=1S/C19H22N2O2/c1-19(2)20-17(14-8-6-5-7-9-14)18(23-19)15-10-12-16(13-11-15)21(3,4)22/h5-13,18H,1-4H3. The highest BCUT2D eigenvalue weighted by atomic mass is 16.5. The van der Waals surface area contributed by atoms with Crippen molar-refractivity contribution in [1.82, 2.24) is 4.65 Å². The van der Waals surface area contributed by atoms with Crippen LogP contribution in [0, 0.1) is 5.21 Å². The van der Waals surface area contributed by atoms with Gasteiger partial charge < -0.3 is 14.6 Å². The number of nitrogens with zero attached hydrogens (tertiary/aromatic N) is 2. The molecular weight excluding hydrogens is 288 g/mol. The van der Waals surface area contributed by atoms with Gasteiger partial charge in [-0.25, -0.2) is 0 Å². The lowest BCUT2D eigenvalue weighted by molar-refractivity contribution is -0.0160. The first-order valence-corrected chi connectivity index (χ1v) is 7.75. The predicted molar refractivity (Wildman–Crippen MR) is 94.3 cm³/mol. The Morgan fingerprint density at radius 1 is 1.00 bits per heavy atom. The van der Waals surface area contributed by atoms with Crippen LogP contribution >= 0.6 is 0 Å². The van der Waals surface area contributed by atoms with Crippen molar-refractivity contribution in [3.8, 4) is 0 Å². The van der Waals surface area contributed by atoms with Crippen molar-refractivity contribution < 1.29 is 4.74 Å². The molecule has 1 aliphatic rings. The zero-order chi connectivity index (χ0) is 16.7. The lowest BCUT2D eigenvalue weighted by atomic mass is 9.99. The van der Waals surface area contributed by atoms with Crippen LogP contribution in [0.4, 0.5) is 5.69 Å². The number of rotatable bonds is 3. The summed E-state index contributed by atoms with van der Waals surface area (Å²) in [5.41, 5.74) is 3.16. The van der Waals surface area contributed by atoms with Gasteiger partial charge in [0.05, 0.1) is 19.8 Å². The molecule has 2 aromatic rings. The first-order valence-electron chi connectivity index (χ1n) is 7.75. The monoisotopic (exact) mass is 310 g/mol. The Kier molecular flexibility index (Phi) is 3.84. The van der Waals surface area contributed by atoms with Crippen LogP contribution in [0.5, 0.6) is 0 Å². The van der Waals surface area contributed by atoms with E-state index in [4.69, 9.17) is 9.73 Å². The number of aliphatic imine (C=N–C) groups is 1. The molecule has 3 rings (SSSR count). The summed E-state index contributed by atoms with van der Waals surface area (Å²) in [4.78, 5) is 4.75. The number of quaternary nitrogens is 1. The smallest absolute Gasteiger partial charge is 0.155 e. The minimum Gasteiger partial charge on any atom is -0.628 e. The summed E-state index contributed by atoms with van der Waals surface area (Å²) >= 11 is 0. The molecule has 1 aliphatic heterocycles. The lowest BCUT2D eigenvalue weighted by Gasteiger charge is -2.33. The maximum Gasteiger partial charge on any atom is 0.155 e. The van der Waals surface area contributed by atoms with Crippen LogP contribution in [0.3, 0.4) is 0 Å². The molecule has 0 N–H and O–H groups in total. The summed E-state index contributed by atoms with van der Waals surface area (Å²) in [7, 11) is 3.22. The number of hydrogen-bond acceptors (Lipinski definition) is 3. The fraction of sp³-hybridized carbons (Fsp3) is 0.316. The van der Waals surface area contributed by atoms with Gasteiger partial charge in [0.15, 0.2) is 5.72 Å². The number of hydrogen-bond donors (Lipinski definition) is 0. The maximum atomic E-state index is 12.0. The van der Waals surface area contributed by atoms with Gasteiger partial charge in [0.1, 0.15) is 11.8 Å². The minimum absolute atomic E-state index is 0.219. The Morgan fingerprint density at radius 3 is 2.17 bits per heavy atom. The van der Waals surface area contributed by atoms with E-state index in [2.05, 4.69) is 0 Å². The van der Waals surface area contributed by atoms with E-state index in [1.165, 1.54) is 0 Å². The molecule has 1 atom stereocenters. The second-order valence-corrected chi connectivity index (χ2v) is 6.75. The minimum atomic E-state index is -0.553. The zero-order valence-electron chi connectivity index (χ0n) is 14.0. The van der Waals surface area contributed by atoms with E-state index in [0.717, 1.165) is 16.8 Å². The van der Waals surface area contributed by atoms with Crippen LogP contribution in [0.1, 0.15) is 31.1 Å². The maximum absolute atomic E-state index is 12.0. The van der Waals surface area contributed by atoms with Crippen molar-refractivity contribution in [3.05, 3.63) is 70.9 Å². The van der Waals surface area contributed by atoms with Crippen LogP contribution < -0.4 is 4.65 Å². The zero-order valence-corrected chi connectivity index (χ0v) is 14.0. The van der Waals surface area contributed by atoms with Gasteiger partial charge in [0, 0.05) is 0 Å². The van der Waals surface area contributed by atoms with Crippen LogP contribution in [-0.2, 0) is 4.74 Å². The third-order valence-corrected chi connectivity index (χ3v) is 3.93. The molecule has 2 aromatic carbocycles. The van der Waals surface area contributed by atoms with Gasteiger partial charge in [-0.3, -0.25) is 4.99 Å². The van der Waals surface area contributed by atoms with Gasteiger partial charge in [-0.2, -0.15) is 0 Å². The molecule has 0 saturated heterocycles. The van der Waals surface area contributed by atoms with E-state index >= 15 is 0 Å². The number of ether oxygens (including phenoxy) is 1. The van der Waals surface area contributed by atoms with E-state index in [1.807, 2.05) is 68.4 Å². The fourth-order valence-corrected chi connectivity index (χ4v) is 2.78. The molecule has 0 saturated carbocycles. The largest absolute Gasteiger partial charge is 0.628 e. The molecule has 0 aromatic heterocycles.